The van der Waals surface area contributed by atoms with Crippen LogP contribution < -0.4 is 5.32 Å². The Bertz CT molecular complexity index is 673. The van der Waals surface area contributed by atoms with E-state index in [0.29, 0.717) is 5.56 Å². The lowest BCUT2D eigenvalue weighted by Crippen LogP contribution is -2.30. The molecule has 0 aliphatic carbocycles. The number of nitrogens with one attached hydrogen (secondary N) is 1. The van der Waals surface area contributed by atoms with E-state index in [4.69, 9.17) is 5.11 Å². The van der Waals surface area contributed by atoms with E-state index < -0.39 is 12.0 Å². The zero-order valence-corrected chi connectivity index (χ0v) is 12.5. The van der Waals surface area contributed by atoms with E-state index in [1.165, 1.54) is 6.07 Å². The molecule has 1 amide bonds. The molecule has 23 heavy (non-hydrogen) atoms. The summed E-state index contributed by atoms with van der Waals surface area (Å²) in [5.41, 5.74) is 1.20. The van der Waals surface area contributed by atoms with E-state index in [9.17, 15) is 14.0 Å². The van der Waals surface area contributed by atoms with Gasteiger partial charge >= 0.3 is 5.97 Å². The van der Waals surface area contributed by atoms with E-state index in [1.807, 2.05) is 6.07 Å². The molecule has 0 fully saturated rings. The van der Waals surface area contributed by atoms with Crippen LogP contribution in [0.1, 0.15) is 30.0 Å². The molecule has 4 nitrogen and oxygen atoms in total. The molecule has 0 aromatic heterocycles. The first kappa shape index (κ1) is 16.7. The number of hydrogen-bond donors (Lipinski definition) is 2. The van der Waals surface area contributed by atoms with E-state index in [1.54, 1.807) is 42.5 Å². The summed E-state index contributed by atoms with van der Waals surface area (Å²) in [5, 5.41) is 11.7. The summed E-state index contributed by atoms with van der Waals surface area (Å²) in [7, 11) is 0. The summed E-state index contributed by atoms with van der Waals surface area (Å²) >= 11 is 0. The molecule has 2 aromatic carbocycles. The molecule has 0 radical (unpaired) electrons. The predicted molar refractivity (Wildman–Crippen MR) is 84.3 cm³/mol. The van der Waals surface area contributed by atoms with Crippen molar-refractivity contribution in [1.29, 1.82) is 0 Å². The van der Waals surface area contributed by atoms with Gasteiger partial charge in [-0.25, -0.2) is 4.39 Å². The van der Waals surface area contributed by atoms with Crippen LogP contribution in [0.2, 0.25) is 0 Å². The maximum absolute atomic E-state index is 13.5. The minimum absolute atomic E-state index is 0.101. The Morgan fingerprint density at radius 3 is 2.35 bits per heavy atom. The minimum atomic E-state index is -0.992. The third-order valence-corrected chi connectivity index (χ3v) is 3.50. The molecule has 2 aromatic rings. The van der Waals surface area contributed by atoms with Crippen LogP contribution in [-0.2, 0) is 16.0 Å². The van der Waals surface area contributed by atoms with Crippen LogP contribution in [-0.4, -0.2) is 17.0 Å². The van der Waals surface area contributed by atoms with Crippen molar-refractivity contribution in [3.63, 3.8) is 0 Å². The quantitative estimate of drug-likeness (QED) is 0.825. The highest BCUT2D eigenvalue weighted by Crippen LogP contribution is 2.17. The Morgan fingerprint density at radius 2 is 1.70 bits per heavy atom. The Kier molecular flexibility index (Phi) is 5.86. The molecule has 5 heteroatoms. The van der Waals surface area contributed by atoms with Gasteiger partial charge in [0.1, 0.15) is 5.82 Å². The number of aliphatic carboxylic acids is 1. The van der Waals surface area contributed by atoms with Crippen LogP contribution in [0.15, 0.2) is 54.6 Å². The average molecular weight is 315 g/mol. The molecule has 2 rings (SSSR count). The number of benzene rings is 2. The van der Waals surface area contributed by atoms with Gasteiger partial charge < -0.3 is 10.4 Å². The largest absolute Gasteiger partial charge is 0.481 e. The first-order chi connectivity index (χ1) is 11.1. The van der Waals surface area contributed by atoms with E-state index in [2.05, 4.69) is 5.32 Å². The van der Waals surface area contributed by atoms with Gasteiger partial charge in [0, 0.05) is 6.42 Å². The second-order valence-corrected chi connectivity index (χ2v) is 5.22. The summed E-state index contributed by atoms with van der Waals surface area (Å²) in [5.74, 6) is -1.64. The Labute approximate surface area is 134 Å². The fraction of sp³-hybridized carbons (Fsp3) is 0.222. The van der Waals surface area contributed by atoms with Crippen molar-refractivity contribution in [2.45, 2.75) is 25.3 Å². The van der Waals surface area contributed by atoms with Crippen molar-refractivity contribution >= 4 is 11.9 Å². The number of aryl methyl sites for hydroxylation is 1. The number of carboxylic acid groups (broad SMARTS) is 1. The third-order valence-electron chi connectivity index (χ3n) is 3.50. The van der Waals surface area contributed by atoms with Gasteiger partial charge in [0.25, 0.3) is 0 Å². The molecule has 0 spiro atoms. The maximum Gasteiger partial charge on any atom is 0.305 e. The minimum Gasteiger partial charge on any atom is -0.481 e. The average Bonchev–Trinajstić information content (AvgIpc) is 2.54. The van der Waals surface area contributed by atoms with Gasteiger partial charge in [-0.15, -0.1) is 0 Å². The van der Waals surface area contributed by atoms with Gasteiger partial charge in [-0.05, 0) is 23.6 Å². The number of amides is 1. The van der Waals surface area contributed by atoms with Gasteiger partial charge in [0.15, 0.2) is 0 Å². The molecule has 0 bridgehead atoms. The van der Waals surface area contributed by atoms with Crippen molar-refractivity contribution in [2.24, 2.45) is 0 Å². The second-order valence-electron chi connectivity index (χ2n) is 5.22. The van der Waals surface area contributed by atoms with Gasteiger partial charge in [-0.1, -0.05) is 48.5 Å². The topological polar surface area (TPSA) is 66.4 Å². The van der Waals surface area contributed by atoms with Crippen LogP contribution in [0.25, 0.3) is 0 Å². The van der Waals surface area contributed by atoms with Crippen LogP contribution >= 0.6 is 0 Å². The SMILES string of the molecule is O=C(O)C[C@@H](NC(=O)CCc1ccccc1F)c1ccccc1. The highest BCUT2D eigenvalue weighted by atomic mass is 19.1. The fourth-order valence-corrected chi connectivity index (χ4v) is 2.33. The molecular weight excluding hydrogens is 297 g/mol. The summed E-state index contributed by atoms with van der Waals surface area (Å²) in [6.07, 6.45) is 0.173. The lowest BCUT2D eigenvalue weighted by atomic mass is 10.0. The molecule has 0 unspecified atom stereocenters. The van der Waals surface area contributed by atoms with Crippen molar-refractivity contribution in [3.8, 4) is 0 Å². The van der Waals surface area contributed by atoms with Gasteiger partial charge in [-0.3, -0.25) is 9.59 Å². The van der Waals surface area contributed by atoms with Crippen molar-refractivity contribution < 1.29 is 19.1 Å². The summed E-state index contributed by atoms with van der Waals surface area (Å²) < 4.78 is 13.5. The van der Waals surface area contributed by atoms with Gasteiger partial charge in [-0.2, -0.15) is 0 Å². The number of rotatable bonds is 7. The normalized spacial score (nSPS) is 11.7. The number of carbonyl (C=O) groups excluding carboxylic acids is 1. The van der Waals surface area contributed by atoms with Gasteiger partial charge in [0.2, 0.25) is 5.91 Å². The van der Waals surface area contributed by atoms with Crippen molar-refractivity contribution in [3.05, 3.63) is 71.5 Å². The molecule has 0 aliphatic heterocycles. The monoisotopic (exact) mass is 315 g/mol. The van der Waals surface area contributed by atoms with Crippen LogP contribution in [0.5, 0.6) is 0 Å². The fourth-order valence-electron chi connectivity index (χ4n) is 2.33. The number of halogens is 1. The predicted octanol–water partition coefficient (Wildman–Crippen LogP) is 3.09. The van der Waals surface area contributed by atoms with Gasteiger partial charge in [0.05, 0.1) is 12.5 Å². The van der Waals surface area contributed by atoms with E-state index >= 15 is 0 Å². The molecular formula is C18H18FNO3. The molecule has 0 aliphatic rings. The summed E-state index contributed by atoms with van der Waals surface area (Å²) in [4.78, 5) is 23.1. The summed E-state index contributed by atoms with van der Waals surface area (Å²) in [6.45, 7) is 0. The molecule has 1 atom stereocenters. The maximum atomic E-state index is 13.5. The van der Waals surface area contributed by atoms with Crippen LogP contribution in [0.3, 0.4) is 0 Å². The van der Waals surface area contributed by atoms with E-state index in [-0.39, 0.29) is 31.0 Å². The first-order valence-corrected chi connectivity index (χ1v) is 7.36. The van der Waals surface area contributed by atoms with Crippen LogP contribution in [0, 0.1) is 5.82 Å². The standard InChI is InChI=1S/C18H18FNO3/c19-15-9-5-4-6-13(15)10-11-17(21)20-16(12-18(22)23)14-7-2-1-3-8-14/h1-9,16H,10-12H2,(H,20,21)(H,22,23)/t16-/m1/s1. The smallest absolute Gasteiger partial charge is 0.305 e. The molecule has 120 valence electrons. The van der Waals surface area contributed by atoms with Crippen molar-refractivity contribution in [1.82, 2.24) is 5.32 Å². The summed E-state index contributed by atoms with van der Waals surface area (Å²) in [6, 6.07) is 14.6. The third kappa shape index (κ3) is 5.21. The Hall–Kier alpha value is -2.69. The van der Waals surface area contributed by atoms with Crippen LogP contribution in [0.4, 0.5) is 4.39 Å². The second kappa shape index (κ2) is 8.08. The highest BCUT2D eigenvalue weighted by molar-refractivity contribution is 5.78. The molecule has 0 saturated heterocycles. The zero-order chi connectivity index (χ0) is 16.7. The number of hydrogen-bond acceptors (Lipinski definition) is 2. The number of carbonyl (C=O) groups is 2. The highest BCUT2D eigenvalue weighted by Gasteiger charge is 2.18. The molecule has 0 heterocycles. The lowest BCUT2D eigenvalue weighted by molar-refractivity contribution is -0.137. The molecule has 0 saturated carbocycles. The zero-order valence-electron chi connectivity index (χ0n) is 12.5. The van der Waals surface area contributed by atoms with E-state index in [0.717, 1.165) is 5.56 Å². The number of carboxylic acids is 1. The first-order valence-electron chi connectivity index (χ1n) is 7.36. The lowest BCUT2D eigenvalue weighted by Gasteiger charge is -2.17. The Morgan fingerprint density at radius 1 is 1.04 bits per heavy atom. The molecule has 2 N–H and O–H groups in total. The van der Waals surface area contributed by atoms with Crippen molar-refractivity contribution in [2.75, 3.05) is 0 Å². The Balaban J connectivity index is 1.98.